The van der Waals surface area contributed by atoms with Gasteiger partial charge in [-0.25, -0.2) is 4.79 Å². The van der Waals surface area contributed by atoms with E-state index in [1.165, 1.54) is 19.3 Å². The standard InChI is InChI=1S/C17H26N2O2/c1-13-7-6-8-14(2)16(13)18-17(21)19(11-12-20)15-9-4-3-5-10-15/h6-8,15,20H,3-5,9-12H2,1-2H3,(H,18,21). The molecule has 2 rings (SSSR count). The fourth-order valence-electron chi connectivity index (χ4n) is 3.14. The SMILES string of the molecule is Cc1cccc(C)c1NC(=O)N(CCO)C1CCCCC1. The second-order valence-corrected chi connectivity index (χ2v) is 5.91. The van der Waals surface area contributed by atoms with E-state index in [2.05, 4.69) is 5.32 Å². The number of benzene rings is 1. The molecule has 0 spiro atoms. The summed E-state index contributed by atoms with van der Waals surface area (Å²) >= 11 is 0. The van der Waals surface area contributed by atoms with Crippen LogP contribution in [0, 0.1) is 13.8 Å². The molecule has 0 unspecified atom stereocenters. The lowest BCUT2D eigenvalue weighted by atomic mass is 9.94. The van der Waals surface area contributed by atoms with Crippen molar-refractivity contribution in [3.8, 4) is 0 Å². The Bertz CT molecular complexity index is 461. The van der Waals surface area contributed by atoms with Crippen molar-refractivity contribution in [2.75, 3.05) is 18.5 Å². The van der Waals surface area contributed by atoms with Crippen LogP contribution in [0.15, 0.2) is 18.2 Å². The smallest absolute Gasteiger partial charge is 0.322 e. The second kappa shape index (κ2) is 7.46. The number of urea groups is 1. The Balaban J connectivity index is 2.11. The summed E-state index contributed by atoms with van der Waals surface area (Å²) in [6.07, 6.45) is 5.68. The summed E-state index contributed by atoms with van der Waals surface area (Å²) in [6.45, 7) is 4.41. The van der Waals surface area contributed by atoms with Crippen LogP contribution < -0.4 is 5.32 Å². The van der Waals surface area contributed by atoms with Crippen molar-refractivity contribution in [2.24, 2.45) is 0 Å². The van der Waals surface area contributed by atoms with Crippen molar-refractivity contribution in [2.45, 2.75) is 52.0 Å². The van der Waals surface area contributed by atoms with E-state index >= 15 is 0 Å². The largest absolute Gasteiger partial charge is 0.395 e. The first-order chi connectivity index (χ1) is 10.1. The number of rotatable bonds is 4. The Morgan fingerprint density at radius 1 is 1.24 bits per heavy atom. The van der Waals surface area contributed by atoms with Gasteiger partial charge in [-0.05, 0) is 37.8 Å². The third-order valence-electron chi connectivity index (χ3n) is 4.33. The van der Waals surface area contributed by atoms with E-state index in [1.807, 2.05) is 36.9 Å². The molecule has 0 heterocycles. The van der Waals surface area contributed by atoms with Crippen LogP contribution >= 0.6 is 0 Å². The Hall–Kier alpha value is -1.55. The predicted octanol–water partition coefficient (Wildman–Crippen LogP) is 3.46. The highest BCUT2D eigenvalue weighted by Crippen LogP contribution is 2.25. The Morgan fingerprint density at radius 3 is 2.43 bits per heavy atom. The number of aryl methyl sites for hydroxylation is 2. The minimum Gasteiger partial charge on any atom is -0.395 e. The zero-order valence-corrected chi connectivity index (χ0v) is 13.1. The molecule has 2 amide bonds. The molecule has 0 bridgehead atoms. The van der Waals surface area contributed by atoms with Crippen LogP contribution in [-0.2, 0) is 0 Å². The van der Waals surface area contributed by atoms with E-state index < -0.39 is 0 Å². The van der Waals surface area contributed by atoms with Crippen LogP contribution in [0.3, 0.4) is 0 Å². The number of nitrogens with one attached hydrogen (secondary N) is 1. The van der Waals surface area contributed by atoms with Crippen molar-refractivity contribution in [3.05, 3.63) is 29.3 Å². The number of nitrogens with zero attached hydrogens (tertiary/aromatic N) is 1. The Kier molecular flexibility index (Phi) is 5.62. The van der Waals surface area contributed by atoms with Crippen LogP contribution in [0.2, 0.25) is 0 Å². The van der Waals surface area contributed by atoms with Gasteiger partial charge in [-0.3, -0.25) is 0 Å². The highest BCUT2D eigenvalue weighted by Gasteiger charge is 2.25. The summed E-state index contributed by atoms with van der Waals surface area (Å²) in [4.78, 5) is 14.4. The molecule has 1 saturated carbocycles. The maximum atomic E-state index is 12.6. The predicted molar refractivity (Wildman–Crippen MR) is 85.6 cm³/mol. The number of amides is 2. The van der Waals surface area contributed by atoms with Gasteiger partial charge in [0.05, 0.1) is 6.61 Å². The molecule has 116 valence electrons. The van der Waals surface area contributed by atoms with Crippen molar-refractivity contribution >= 4 is 11.7 Å². The van der Waals surface area contributed by atoms with E-state index in [-0.39, 0.29) is 18.7 Å². The van der Waals surface area contributed by atoms with E-state index in [0.29, 0.717) is 6.54 Å². The molecule has 2 N–H and O–H groups in total. The zero-order chi connectivity index (χ0) is 15.2. The highest BCUT2D eigenvalue weighted by atomic mass is 16.3. The Labute approximate surface area is 127 Å². The lowest BCUT2D eigenvalue weighted by molar-refractivity contribution is 0.144. The molecule has 0 aromatic heterocycles. The molecule has 0 saturated heterocycles. The lowest BCUT2D eigenvalue weighted by Gasteiger charge is -2.34. The average molecular weight is 290 g/mol. The molecule has 0 radical (unpaired) electrons. The number of hydrogen-bond acceptors (Lipinski definition) is 2. The minimum absolute atomic E-state index is 0.0106. The minimum atomic E-state index is -0.0895. The fraction of sp³-hybridized carbons (Fsp3) is 0.588. The van der Waals surface area contributed by atoms with Gasteiger partial charge < -0.3 is 15.3 Å². The zero-order valence-electron chi connectivity index (χ0n) is 13.1. The number of carbonyl (C=O) groups is 1. The van der Waals surface area contributed by atoms with E-state index in [9.17, 15) is 9.90 Å². The number of carbonyl (C=O) groups excluding carboxylic acids is 1. The number of hydrogen-bond donors (Lipinski definition) is 2. The quantitative estimate of drug-likeness (QED) is 0.892. The highest BCUT2D eigenvalue weighted by molar-refractivity contribution is 5.91. The van der Waals surface area contributed by atoms with Crippen LogP contribution in [0.4, 0.5) is 10.5 Å². The van der Waals surface area contributed by atoms with Crippen molar-refractivity contribution in [3.63, 3.8) is 0 Å². The summed E-state index contributed by atoms with van der Waals surface area (Å²) < 4.78 is 0. The summed E-state index contributed by atoms with van der Waals surface area (Å²) in [6, 6.07) is 6.16. The van der Waals surface area contributed by atoms with Gasteiger partial charge >= 0.3 is 6.03 Å². The topological polar surface area (TPSA) is 52.6 Å². The van der Waals surface area contributed by atoms with Crippen LogP contribution in [0.25, 0.3) is 0 Å². The molecule has 1 aliphatic carbocycles. The van der Waals surface area contributed by atoms with Gasteiger partial charge in [0.25, 0.3) is 0 Å². The van der Waals surface area contributed by atoms with Crippen molar-refractivity contribution < 1.29 is 9.90 Å². The molecule has 4 heteroatoms. The van der Waals surface area contributed by atoms with Crippen LogP contribution in [0.5, 0.6) is 0 Å². The molecule has 0 aliphatic heterocycles. The second-order valence-electron chi connectivity index (χ2n) is 5.91. The molecule has 1 aromatic carbocycles. The van der Waals surface area contributed by atoms with Crippen LogP contribution in [0.1, 0.15) is 43.2 Å². The fourth-order valence-corrected chi connectivity index (χ4v) is 3.14. The maximum absolute atomic E-state index is 12.6. The molecule has 0 atom stereocenters. The molecule has 1 fully saturated rings. The average Bonchev–Trinajstić information content (AvgIpc) is 2.49. The number of aliphatic hydroxyl groups excluding tert-OH is 1. The third-order valence-corrected chi connectivity index (χ3v) is 4.33. The number of aliphatic hydroxyl groups is 1. The molecule has 1 aliphatic rings. The van der Waals surface area contributed by atoms with Gasteiger partial charge in [0.2, 0.25) is 0 Å². The van der Waals surface area contributed by atoms with E-state index in [4.69, 9.17) is 0 Å². The number of para-hydroxylation sites is 1. The van der Waals surface area contributed by atoms with Crippen LogP contribution in [-0.4, -0.2) is 35.2 Å². The Morgan fingerprint density at radius 2 is 1.86 bits per heavy atom. The van der Waals surface area contributed by atoms with Gasteiger partial charge in [0.1, 0.15) is 0 Å². The van der Waals surface area contributed by atoms with Gasteiger partial charge in [-0.2, -0.15) is 0 Å². The maximum Gasteiger partial charge on any atom is 0.322 e. The first-order valence-electron chi connectivity index (χ1n) is 7.88. The summed E-state index contributed by atoms with van der Waals surface area (Å²) in [5.74, 6) is 0. The molecular formula is C17H26N2O2. The monoisotopic (exact) mass is 290 g/mol. The van der Waals surface area contributed by atoms with Gasteiger partial charge in [-0.15, -0.1) is 0 Å². The van der Waals surface area contributed by atoms with Crippen molar-refractivity contribution in [1.29, 1.82) is 0 Å². The van der Waals surface area contributed by atoms with E-state index in [0.717, 1.165) is 29.7 Å². The third kappa shape index (κ3) is 3.97. The first-order valence-corrected chi connectivity index (χ1v) is 7.88. The summed E-state index contributed by atoms with van der Waals surface area (Å²) in [5.41, 5.74) is 3.02. The molecule has 21 heavy (non-hydrogen) atoms. The van der Waals surface area contributed by atoms with Crippen molar-refractivity contribution in [1.82, 2.24) is 4.90 Å². The summed E-state index contributed by atoms with van der Waals surface area (Å²) in [7, 11) is 0. The molecule has 1 aromatic rings. The van der Waals surface area contributed by atoms with E-state index in [1.54, 1.807) is 0 Å². The van der Waals surface area contributed by atoms with Gasteiger partial charge in [0.15, 0.2) is 0 Å². The number of anilines is 1. The summed E-state index contributed by atoms with van der Waals surface area (Å²) in [5, 5.41) is 12.3. The lowest BCUT2D eigenvalue weighted by Crippen LogP contribution is -2.45. The van der Waals surface area contributed by atoms with Gasteiger partial charge in [-0.1, -0.05) is 37.5 Å². The van der Waals surface area contributed by atoms with Gasteiger partial charge in [0, 0.05) is 18.3 Å². The first kappa shape index (κ1) is 15.8. The molecular weight excluding hydrogens is 264 g/mol. The normalized spacial score (nSPS) is 15.8. The molecule has 4 nitrogen and oxygen atoms in total.